The summed E-state index contributed by atoms with van der Waals surface area (Å²) in [6.45, 7) is 8.09. The average Bonchev–Trinajstić information content (AvgIpc) is 3.20. The zero-order chi connectivity index (χ0) is 26.8. The Bertz CT molecular complexity index is 1310. The summed E-state index contributed by atoms with van der Waals surface area (Å²) in [5.41, 5.74) is 4.66. The molecule has 1 saturated heterocycles. The molecule has 4 rings (SSSR count). The zero-order valence-electron chi connectivity index (χ0n) is 23.0. The van der Waals surface area contributed by atoms with Crippen molar-refractivity contribution in [3.8, 4) is 17.0 Å². The summed E-state index contributed by atoms with van der Waals surface area (Å²) >= 11 is 0. The second kappa shape index (κ2) is 11.0. The summed E-state index contributed by atoms with van der Waals surface area (Å²) in [5, 5.41) is 0. The van der Waals surface area contributed by atoms with Gasteiger partial charge in [-0.05, 0) is 54.6 Å². The first-order valence-electron chi connectivity index (χ1n) is 13.1. The van der Waals surface area contributed by atoms with E-state index < -0.39 is 10.0 Å². The molecule has 1 aliphatic rings. The lowest BCUT2D eigenvalue weighted by atomic mass is 9.85. The molecule has 1 aromatic heterocycles. The third kappa shape index (κ3) is 5.95. The van der Waals surface area contributed by atoms with Gasteiger partial charge in [0.2, 0.25) is 10.0 Å². The van der Waals surface area contributed by atoms with Crippen LogP contribution in [0.3, 0.4) is 0 Å². The number of hydrogen-bond acceptors (Lipinski definition) is 4. The van der Waals surface area contributed by atoms with Gasteiger partial charge in [-0.1, -0.05) is 63.9 Å². The summed E-state index contributed by atoms with van der Waals surface area (Å²) in [6, 6.07) is 18.8. The molecule has 2 aromatic carbocycles. The Morgan fingerprint density at radius 3 is 2.41 bits per heavy atom. The normalized spacial score (nSPS) is 17.6. The first-order valence-corrected chi connectivity index (χ1v) is 14.6. The molecule has 1 N–H and O–H groups in total. The van der Waals surface area contributed by atoms with Crippen LogP contribution in [0.2, 0.25) is 0 Å². The highest BCUT2D eigenvalue weighted by molar-refractivity contribution is 7.89. The zero-order valence-corrected chi connectivity index (χ0v) is 23.9. The summed E-state index contributed by atoms with van der Waals surface area (Å²) in [6.07, 6.45) is 4.86. The molecule has 0 saturated carbocycles. The number of H-pyrrole nitrogens is 1. The summed E-state index contributed by atoms with van der Waals surface area (Å²) in [4.78, 5) is 6.44. The van der Waals surface area contributed by atoms with Gasteiger partial charge < -0.3 is 9.72 Å². The predicted molar refractivity (Wildman–Crippen MR) is 150 cm³/mol. The molecular weight excluding hydrogens is 482 g/mol. The fourth-order valence-corrected chi connectivity index (χ4v) is 6.21. The number of aromatic nitrogens is 1. The van der Waals surface area contributed by atoms with E-state index in [1.807, 2.05) is 6.07 Å². The fraction of sp³-hybridized carbons (Fsp3) is 0.467. The number of sulfonamides is 1. The van der Waals surface area contributed by atoms with Crippen LogP contribution in [-0.2, 0) is 22.0 Å². The molecule has 0 unspecified atom stereocenters. The largest absolute Gasteiger partial charge is 0.496 e. The molecular formula is C30H41N3O3S. The van der Waals surface area contributed by atoms with E-state index in [0.29, 0.717) is 11.8 Å². The van der Waals surface area contributed by atoms with E-state index in [-0.39, 0.29) is 10.3 Å². The topological polar surface area (TPSA) is 65.6 Å². The standard InChI is InChI=1S/C30H41N3O3S/c1-30(2,3)26-20-24(37(34,35)32(4)5)19-25(29(26)36-6)27-17-16-23(31-27)21-33-18-12-8-11-15-28(33)22-13-9-7-10-14-22/h7,9-10,13-14,16-17,19-20,28,31H,8,11-12,15,18,21H2,1-6H3/t28-/m1/s1. The molecule has 3 aromatic rings. The van der Waals surface area contributed by atoms with Gasteiger partial charge >= 0.3 is 0 Å². The van der Waals surface area contributed by atoms with Crippen molar-refractivity contribution in [1.82, 2.24) is 14.2 Å². The lowest BCUT2D eigenvalue weighted by Crippen LogP contribution is -2.28. The highest BCUT2D eigenvalue weighted by Crippen LogP contribution is 2.41. The number of methoxy groups -OCH3 is 1. The molecule has 0 spiro atoms. The van der Waals surface area contributed by atoms with Gasteiger partial charge in [-0.15, -0.1) is 0 Å². The Kier molecular flexibility index (Phi) is 8.17. The van der Waals surface area contributed by atoms with Gasteiger partial charge in [-0.3, -0.25) is 4.90 Å². The summed E-state index contributed by atoms with van der Waals surface area (Å²) < 4.78 is 33.4. The Hall–Kier alpha value is -2.61. The van der Waals surface area contributed by atoms with Crippen LogP contribution in [-0.4, -0.2) is 50.4 Å². The number of rotatable bonds is 7. The number of nitrogens with one attached hydrogen (secondary N) is 1. The third-order valence-electron chi connectivity index (χ3n) is 7.31. The van der Waals surface area contributed by atoms with E-state index in [4.69, 9.17) is 4.74 Å². The van der Waals surface area contributed by atoms with E-state index in [0.717, 1.165) is 42.0 Å². The van der Waals surface area contributed by atoms with E-state index in [1.54, 1.807) is 33.3 Å². The maximum absolute atomic E-state index is 13.1. The van der Waals surface area contributed by atoms with Crippen molar-refractivity contribution < 1.29 is 13.2 Å². The lowest BCUT2D eigenvalue weighted by molar-refractivity contribution is 0.190. The predicted octanol–water partition coefficient (Wildman–Crippen LogP) is 6.36. The highest BCUT2D eigenvalue weighted by atomic mass is 32.2. The maximum atomic E-state index is 13.1. The Morgan fingerprint density at radius 1 is 1.03 bits per heavy atom. The minimum Gasteiger partial charge on any atom is -0.496 e. The van der Waals surface area contributed by atoms with Gasteiger partial charge in [-0.25, -0.2) is 12.7 Å². The molecule has 6 nitrogen and oxygen atoms in total. The number of benzene rings is 2. The van der Waals surface area contributed by atoms with Crippen LogP contribution in [0.5, 0.6) is 5.75 Å². The second-order valence-electron chi connectivity index (χ2n) is 11.2. The summed E-state index contributed by atoms with van der Waals surface area (Å²) in [5.74, 6) is 0.704. The van der Waals surface area contributed by atoms with E-state index in [9.17, 15) is 8.42 Å². The minimum absolute atomic E-state index is 0.269. The lowest BCUT2D eigenvalue weighted by Gasteiger charge is -2.30. The van der Waals surface area contributed by atoms with Gasteiger partial charge in [0.1, 0.15) is 5.75 Å². The van der Waals surface area contributed by atoms with Crippen LogP contribution in [0.4, 0.5) is 0 Å². The van der Waals surface area contributed by atoms with Crippen molar-refractivity contribution in [2.75, 3.05) is 27.7 Å². The van der Waals surface area contributed by atoms with E-state index in [1.165, 1.54) is 29.1 Å². The van der Waals surface area contributed by atoms with Crippen LogP contribution >= 0.6 is 0 Å². The minimum atomic E-state index is -3.62. The van der Waals surface area contributed by atoms with E-state index >= 15 is 0 Å². The summed E-state index contributed by atoms with van der Waals surface area (Å²) in [7, 11) is 1.16. The van der Waals surface area contributed by atoms with Crippen molar-refractivity contribution in [3.63, 3.8) is 0 Å². The maximum Gasteiger partial charge on any atom is 0.242 e. The molecule has 200 valence electrons. The number of ether oxygens (including phenoxy) is 1. The van der Waals surface area contributed by atoms with Gasteiger partial charge in [0, 0.05) is 49.2 Å². The Morgan fingerprint density at radius 2 is 1.76 bits per heavy atom. The molecule has 0 bridgehead atoms. The highest BCUT2D eigenvalue weighted by Gasteiger charge is 2.28. The number of nitrogens with zero attached hydrogens (tertiary/aromatic N) is 2. The molecule has 1 aliphatic heterocycles. The van der Waals surface area contributed by atoms with Crippen LogP contribution in [0.1, 0.15) is 69.3 Å². The van der Waals surface area contributed by atoms with Crippen molar-refractivity contribution in [1.29, 1.82) is 0 Å². The van der Waals surface area contributed by atoms with Crippen LogP contribution in [0, 0.1) is 0 Å². The quantitative estimate of drug-likeness (QED) is 0.392. The van der Waals surface area contributed by atoms with Gasteiger partial charge in [0.15, 0.2) is 0 Å². The Balaban J connectivity index is 1.73. The van der Waals surface area contributed by atoms with Crippen LogP contribution < -0.4 is 4.74 Å². The molecule has 2 heterocycles. The SMILES string of the molecule is COc1c(-c2ccc(CN3CCCCC[C@@H]3c3ccccc3)[nH]2)cc(S(=O)(=O)N(C)C)cc1C(C)(C)C. The second-order valence-corrected chi connectivity index (χ2v) is 13.4. The van der Waals surface area contributed by atoms with Crippen LogP contribution in [0.25, 0.3) is 11.3 Å². The molecule has 1 fully saturated rings. The van der Waals surface area contributed by atoms with Gasteiger partial charge in [0.05, 0.1) is 12.0 Å². The molecule has 7 heteroatoms. The first-order chi connectivity index (χ1) is 17.5. The molecule has 1 atom stereocenters. The van der Waals surface area contributed by atoms with Crippen LogP contribution in [0.15, 0.2) is 59.5 Å². The Labute approximate surface area is 222 Å². The monoisotopic (exact) mass is 523 g/mol. The van der Waals surface area contributed by atoms with Crippen molar-refractivity contribution >= 4 is 10.0 Å². The molecule has 37 heavy (non-hydrogen) atoms. The molecule has 0 amide bonds. The van der Waals surface area contributed by atoms with Gasteiger partial charge in [0.25, 0.3) is 0 Å². The smallest absolute Gasteiger partial charge is 0.242 e. The third-order valence-corrected chi connectivity index (χ3v) is 9.10. The number of likely N-dealkylation sites (tertiary alicyclic amines) is 1. The van der Waals surface area contributed by atoms with Gasteiger partial charge in [-0.2, -0.15) is 0 Å². The van der Waals surface area contributed by atoms with Crippen molar-refractivity contribution in [2.24, 2.45) is 0 Å². The van der Waals surface area contributed by atoms with Crippen molar-refractivity contribution in [2.45, 2.75) is 69.4 Å². The molecule has 0 aliphatic carbocycles. The van der Waals surface area contributed by atoms with E-state index in [2.05, 4.69) is 67.1 Å². The molecule has 0 radical (unpaired) electrons. The van der Waals surface area contributed by atoms with Crippen molar-refractivity contribution in [3.05, 3.63) is 71.4 Å². The fourth-order valence-electron chi connectivity index (χ4n) is 5.26. The average molecular weight is 524 g/mol. The number of aromatic amines is 1. The number of hydrogen-bond donors (Lipinski definition) is 1. The first kappa shape index (κ1) is 27.4.